The van der Waals surface area contributed by atoms with Crippen LogP contribution in [-0.2, 0) is 27.4 Å². The summed E-state index contributed by atoms with van der Waals surface area (Å²) in [5.41, 5.74) is 2.67. The number of carbonyl (C=O) groups excluding carboxylic acids is 1. The number of fused-ring (bicyclic) bond motifs is 1. The first kappa shape index (κ1) is 33.2. The maximum atomic E-state index is 13.4. The topological polar surface area (TPSA) is 87.9 Å². The molecule has 5 aromatic rings. The van der Waals surface area contributed by atoms with Crippen molar-refractivity contribution in [3.63, 3.8) is 0 Å². The molecule has 250 valence electrons. The van der Waals surface area contributed by atoms with Gasteiger partial charge in [0.25, 0.3) is 0 Å². The number of carbonyl (C=O) groups is 1. The highest BCUT2D eigenvalue weighted by Crippen LogP contribution is 2.39. The van der Waals surface area contributed by atoms with E-state index in [0.29, 0.717) is 39.5 Å². The minimum absolute atomic E-state index is 0.119. The Morgan fingerprint density at radius 1 is 0.833 bits per heavy atom. The fourth-order valence-electron chi connectivity index (χ4n) is 6.13. The smallest absolute Gasteiger partial charge is 0.410 e. The molecule has 1 aromatic heterocycles. The number of piperidine rings is 1. The Hall–Kier alpha value is -4.73. The van der Waals surface area contributed by atoms with Crippen LogP contribution >= 0.6 is 0 Å². The fourth-order valence-corrected chi connectivity index (χ4v) is 6.13. The third kappa shape index (κ3) is 8.79. The maximum absolute atomic E-state index is 13.4. The summed E-state index contributed by atoms with van der Waals surface area (Å²) < 4.78 is 26.2. The van der Waals surface area contributed by atoms with Crippen LogP contribution in [0.2, 0.25) is 0 Å². The van der Waals surface area contributed by atoms with Crippen LogP contribution in [0.25, 0.3) is 10.8 Å². The fraction of sp³-hybridized carbons (Fsp3) is 0.359. The molecule has 1 amide bonds. The minimum atomic E-state index is -0.623. The average Bonchev–Trinajstić information content (AvgIpc) is 3.64. The first-order valence-corrected chi connectivity index (χ1v) is 16.6. The molecule has 9 heteroatoms. The third-order valence-electron chi connectivity index (χ3n) is 8.41. The molecule has 1 fully saturated rings. The van der Waals surface area contributed by atoms with Gasteiger partial charge in [-0.3, -0.25) is 0 Å². The minimum Gasteiger partial charge on any atom is -0.494 e. The van der Waals surface area contributed by atoms with Crippen LogP contribution in [0.15, 0.2) is 110 Å². The van der Waals surface area contributed by atoms with Gasteiger partial charge < -0.3 is 23.8 Å². The zero-order valence-electron chi connectivity index (χ0n) is 27.9. The number of amides is 1. The Labute approximate surface area is 282 Å². The van der Waals surface area contributed by atoms with Crippen LogP contribution in [0.5, 0.6) is 5.75 Å². The number of ether oxygens (including phenoxy) is 4. The molecule has 48 heavy (non-hydrogen) atoms. The van der Waals surface area contributed by atoms with Crippen LogP contribution in [0.1, 0.15) is 55.8 Å². The van der Waals surface area contributed by atoms with Gasteiger partial charge in [0.15, 0.2) is 0 Å². The molecule has 3 atom stereocenters. The van der Waals surface area contributed by atoms with Gasteiger partial charge in [-0.1, -0.05) is 78.9 Å². The Kier molecular flexibility index (Phi) is 10.7. The van der Waals surface area contributed by atoms with E-state index in [0.717, 1.165) is 34.2 Å². The zero-order chi connectivity index (χ0) is 33.3. The van der Waals surface area contributed by atoms with E-state index in [1.807, 2.05) is 67.9 Å². The molecule has 0 saturated carbocycles. The number of aromatic nitrogens is 3. The number of hydrogen-bond acceptors (Lipinski definition) is 7. The summed E-state index contributed by atoms with van der Waals surface area (Å²) in [5.74, 6) is 0.671. The first-order valence-electron chi connectivity index (χ1n) is 16.6. The van der Waals surface area contributed by atoms with Crippen LogP contribution in [0, 0.1) is 0 Å². The van der Waals surface area contributed by atoms with Gasteiger partial charge >= 0.3 is 6.09 Å². The summed E-state index contributed by atoms with van der Waals surface area (Å²) in [6.45, 7) is 8.58. The van der Waals surface area contributed by atoms with E-state index in [4.69, 9.17) is 18.9 Å². The van der Waals surface area contributed by atoms with Crippen LogP contribution in [0.3, 0.4) is 0 Å². The lowest BCUT2D eigenvalue weighted by molar-refractivity contribution is -0.0518. The monoisotopic (exact) mass is 648 g/mol. The highest BCUT2D eigenvalue weighted by Gasteiger charge is 2.42. The number of hydrogen-bond donors (Lipinski definition) is 0. The molecule has 0 radical (unpaired) electrons. The van der Waals surface area contributed by atoms with E-state index < -0.39 is 5.60 Å². The van der Waals surface area contributed by atoms with Crippen molar-refractivity contribution < 1.29 is 23.7 Å². The molecule has 0 N–H and O–H groups in total. The number of nitrogens with zero attached hydrogens (tertiary/aromatic N) is 4. The summed E-state index contributed by atoms with van der Waals surface area (Å²) in [7, 11) is 0. The number of rotatable bonds is 12. The van der Waals surface area contributed by atoms with Gasteiger partial charge in [-0.05, 0) is 66.4 Å². The SMILES string of the molecule is CC(C)(C)OC(=O)N1CC(OCc2ccc3ccccc3c2)C(c2ccc(OCCCOCc3ccccc3)cc2)C(n2cncn2)C1. The van der Waals surface area contributed by atoms with Gasteiger partial charge in [0.2, 0.25) is 0 Å². The van der Waals surface area contributed by atoms with E-state index in [-0.39, 0.29) is 24.2 Å². The molecule has 9 nitrogen and oxygen atoms in total. The summed E-state index contributed by atoms with van der Waals surface area (Å²) in [6.07, 6.45) is 3.29. The Balaban J connectivity index is 1.17. The lowest BCUT2D eigenvalue weighted by atomic mass is 9.83. The van der Waals surface area contributed by atoms with Crippen LogP contribution < -0.4 is 4.74 Å². The second-order valence-corrected chi connectivity index (χ2v) is 13.2. The van der Waals surface area contributed by atoms with Crippen LogP contribution in [0.4, 0.5) is 4.79 Å². The molecule has 1 saturated heterocycles. The average molecular weight is 649 g/mol. The highest BCUT2D eigenvalue weighted by molar-refractivity contribution is 5.82. The molecule has 1 aliphatic rings. The Morgan fingerprint density at radius 3 is 2.35 bits per heavy atom. The second kappa shape index (κ2) is 15.4. The van der Waals surface area contributed by atoms with Gasteiger partial charge in [-0.15, -0.1) is 0 Å². The van der Waals surface area contributed by atoms with Crippen molar-refractivity contribution in [3.8, 4) is 5.75 Å². The highest BCUT2D eigenvalue weighted by atomic mass is 16.6. The molecule has 3 unspecified atom stereocenters. The van der Waals surface area contributed by atoms with Crippen molar-refractivity contribution in [2.45, 2.75) is 64.1 Å². The largest absolute Gasteiger partial charge is 0.494 e. The quantitative estimate of drug-likeness (QED) is 0.129. The van der Waals surface area contributed by atoms with Gasteiger partial charge in [0.1, 0.15) is 24.0 Å². The summed E-state index contributed by atoms with van der Waals surface area (Å²) in [5, 5.41) is 6.85. The lowest BCUT2D eigenvalue weighted by Crippen LogP contribution is -2.53. The molecule has 0 bridgehead atoms. The van der Waals surface area contributed by atoms with Crippen molar-refractivity contribution in [2.75, 3.05) is 26.3 Å². The summed E-state index contributed by atoms with van der Waals surface area (Å²) in [4.78, 5) is 19.4. The van der Waals surface area contributed by atoms with E-state index in [9.17, 15) is 4.79 Å². The van der Waals surface area contributed by atoms with Gasteiger partial charge in [0.05, 0.1) is 45.1 Å². The van der Waals surface area contributed by atoms with Gasteiger partial charge in [-0.25, -0.2) is 14.5 Å². The zero-order valence-corrected chi connectivity index (χ0v) is 27.9. The summed E-state index contributed by atoms with van der Waals surface area (Å²) in [6, 6.07) is 32.8. The Morgan fingerprint density at radius 2 is 1.60 bits per heavy atom. The maximum Gasteiger partial charge on any atom is 0.410 e. The molecule has 4 aromatic carbocycles. The molecule has 0 aliphatic carbocycles. The predicted molar refractivity (Wildman–Crippen MR) is 185 cm³/mol. The molecule has 0 spiro atoms. The van der Waals surface area contributed by atoms with Crippen LogP contribution in [-0.4, -0.2) is 63.8 Å². The third-order valence-corrected chi connectivity index (χ3v) is 8.41. The molecule has 6 rings (SSSR count). The van der Waals surface area contributed by atoms with Crippen molar-refractivity contribution >= 4 is 16.9 Å². The van der Waals surface area contributed by atoms with Gasteiger partial charge in [-0.2, -0.15) is 5.10 Å². The van der Waals surface area contributed by atoms with Gasteiger partial charge in [0, 0.05) is 18.9 Å². The van der Waals surface area contributed by atoms with E-state index in [2.05, 4.69) is 64.7 Å². The molecular weight excluding hydrogens is 604 g/mol. The Bertz CT molecular complexity index is 1740. The molecule has 1 aliphatic heterocycles. The number of benzene rings is 4. The molecule has 2 heterocycles. The lowest BCUT2D eigenvalue weighted by Gasteiger charge is -2.43. The van der Waals surface area contributed by atoms with Crippen molar-refractivity contribution in [3.05, 3.63) is 126 Å². The van der Waals surface area contributed by atoms with Crippen molar-refractivity contribution in [1.82, 2.24) is 19.7 Å². The predicted octanol–water partition coefficient (Wildman–Crippen LogP) is 7.58. The number of likely N-dealkylation sites (tertiary alicyclic amines) is 1. The van der Waals surface area contributed by atoms with E-state index in [1.54, 1.807) is 11.2 Å². The van der Waals surface area contributed by atoms with Crippen molar-refractivity contribution in [1.29, 1.82) is 0 Å². The summed E-state index contributed by atoms with van der Waals surface area (Å²) >= 11 is 0. The first-order chi connectivity index (χ1) is 23.3. The second-order valence-electron chi connectivity index (χ2n) is 13.2. The normalized spacial score (nSPS) is 18.1. The van der Waals surface area contributed by atoms with E-state index >= 15 is 0 Å². The molecular formula is C39H44N4O5. The van der Waals surface area contributed by atoms with Crippen molar-refractivity contribution in [2.24, 2.45) is 0 Å². The standard InChI is InChI=1S/C39H44N4O5/c1-39(2,3)48-38(44)42-23-35(43-28-40-27-41-43)37(36(24-42)47-26-30-14-15-31-12-7-8-13-33(31)22-30)32-16-18-34(19-17-32)46-21-9-20-45-25-29-10-5-4-6-11-29/h4-8,10-19,22,27-28,35-37H,9,20-21,23-26H2,1-3H3. The van der Waals surface area contributed by atoms with E-state index in [1.165, 1.54) is 11.7 Å².